The summed E-state index contributed by atoms with van der Waals surface area (Å²) in [6.45, 7) is 2.54. The Morgan fingerprint density at radius 2 is 2.25 bits per heavy atom. The lowest BCUT2D eigenvalue weighted by Gasteiger charge is -2.08. The van der Waals surface area contributed by atoms with Crippen molar-refractivity contribution in [2.45, 2.75) is 19.8 Å². The van der Waals surface area contributed by atoms with E-state index in [2.05, 4.69) is 5.32 Å². The van der Waals surface area contributed by atoms with Gasteiger partial charge in [0.25, 0.3) is 0 Å². The highest BCUT2D eigenvalue weighted by Crippen LogP contribution is 2.18. The second-order valence-corrected chi connectivity index (χ2v) is 3.72. The third-order valence-corrected chi connectivity index (χ3v) is 2.29. The molecule has 16 heavy (non-hydrogen) atoms. The van der Waals surface area contributed by atoms with Gasteiger partial charge in [0.05, 0.1) is 0 Å². The number of anilines is 2. The summed E-state index contributed by atoms with van der Waals surface area (Å²) in [6.07, 6.45) is 1.19. The first-order valence-corrected chi connectivity index (χ1v) is 5.28. The van der Waals surface area contributed by atoms with Gasteiger partial charge in [-0.3, -0.25) is 4.79 Å². The van der Waals surface area contributed by atoms with Gasteiger partial charge in [-0.1, -0.05) is 6.07 Å². The van der Waals surface area contributed by atoms with Crippen LogP contribution in [0.4, 0.5) is 11.4 Å². The van der Waals surface area contributed by atoms with Crippen LogP contribution in [0.3, 0.4) is 0 Å². The van der Waals surface area contributed by atoms with Gasteiger partial charge in [-0.05, 0) is 31.0 Å². The molecule has 0 bridgehead atoms. The largest absolute Gasteiger partial charge is 0.399 e. The average molecular weight is 222 g/mol. The van der Waals surface area contributed by atoms with E-state index in [0.29, 0.717) is 18.7 Å². The van der Waals surface area contributed by atoms with E-state index >= 15 is 0 Å². The number of carbonyl (C=O) groups is 1. The van der Waals surface area contributed by atoms with Gasteiger partial charge >= 0.3 is 0 Å². The summed E-state index contributed by atoms with van der Waals surface area (Å²) in [5.74, 6) is -0.00856. The van der Waals surface area contributed by atoms with Crippen LogP contribution in [0.1, 0.15) is 18.4 Å². The molecule has 1 aromatic carbocycles. The zero-order valence-corrected chi connectivity index (χ0v) is 9.75. The van der Waals surface area contributed by atoms with Gasteiger partial charge in [-0.25, -0.2) is 0 Å². The van der Waals surface area contributed by atoms with Crippen LogP contribution in [-0.4, -0.2) is 19.6 Å². The summed E-state index contributed by atoms with van der Waals surface area (Å²) >= 11 is 0. The molecule has 0 aliphatic heterocycles. The summed E-state index contributed by atoms with van der Waals surface area (Å²) < 4.78 is 4.89. The zero-order valence-electron chi connectivity index (χ0n) is 9.75. The van der Waals surface area contributed by atoms with Crippen molar-refractivity contribution >= 4 is 17.3 Å². The van der Waals surface area contributed by atoms with E-state index in [-0.39, 0.29) is 5.91 Å². The predicted octanol–water partition coefficient (Wildman–Crippen LogP) is 1.94. The molecule has 0 atom stereocenters. The number of hydrogen-bond donors (Lipinski definition) is 2. The lowest BCUT2D eigenvalue weighted by atomic mass is 10.1. The van der Waals surface area contributed by atoms with Gasteiger partial charge in [-0.15, -0.1) is 0 Å². The first-order chi connectivity index (χ1) is 7.63. The maximum atomic E-state index is 11.5. The highest BCUT2D eigenvalue weighted by Gasteiger charge is 2.04. The topological polar surface area (TPSA) is 64.3 Å². The van der Waals surface area contributed by atoms with Crippen molar-refractivity contribution in [2.75, 3.05) is 24.8 Å². The van der Waals surface area contributed by atoms with E-state index < -0.39 is 0 Å². The first-order valence-electron chi connectivity index (χ1n) is 5.28. The highest BCUT2D eigenvalue weighted by molar-refractivity contribution is 5.91. The number of hydrogen-bond acceptors (Lipinski definition) is 3. The fourth-order valence-corrected chi connectivity index (χ4v) is 1.36. The van der Waals surface area contributed by atoms with Crippen LogP contribution in [0.25, 0.3) is 0 Å². The van der Waals surface area contributed by atoms with E-state index in [1.807, 2.05) is 19.1 Å². The Morgan fingerprint density at radius 3 is 2.94 bits per heavy atom. The van der Waals surface area contributed by atoms with Crippen molar-refractivity contribution in [1.29, 1.82) is 0 Å². The van der Waals surface area contributed by atoms with Crippen LogP contribution in [-0.2, 0) is 9.53 Å². The molecule has 0 saturated carbocycles. The molecular formula is C12H18N2O2. The Hall–Kier alpha value is -1.55. The second-order valence-electron chi connectivity index (χ2n) is 3.72. The molecule has 0 saturated heterocycles. The molecule has 88 valence electrons. The van der Waals surface area contributed by atoms with E-state index in [1.54, 1.807) is 13.2 Å². The molecule has 0 spiro atoms. The number of rotatable bonds is 5. The van der Waals surface area contributed by atoms with Crippen molar-refractivity contribution in [3.63, 3.8) is 0 Å². The molecular weight excluding hydrogens is 204 g/mol. The maximum absolute atomic E-state index is 11.5. The van der Waals surface area contributed by atoms with Gasteiger partial charge in [-0.2, -0.15) is 0 Å². The average Bonchev–Trinajstić information content (AvgIpc) is 2.24. The molecule has 0 aliphatic carbocycles. The van der Waals surface area contributed by atoms with Crippen LogP contribution in [0, 0.1) is 6.92 Å². The van der Waals surface area contributed by atoms with Gasteiger partial charge < -0.3 is 15.8 Å². The highest BCUT2D eigenvalue weighted by atomic mass is 16.5. The third kappa shape index (κ3) is 3.90. The zero-order chi connectivity index (χ0) is 12.0. The molecule has 4 nitrogen and oxygen atoms in total. The smallest absolute Gasteiger partial charge is 0.224 e. The summed E-state index contributed by atoms with van der Waals surface area (Å²) in [4.78, 5) is 11.5. The van der Waals surface area contributed by atoms with E-state index in [0.717, 1.165) is 17.7 Å². The van der Waals surface area contributed by atoms with Gasteiger partial charge in [0.15, 0.2) is 0 Å². The molecule has 0 radical (unpaired) electrons. The van der Waals surface area contributed by atoms with Gasteiger partial charge in [0, 0.05) is 31.5 Å². The molecule has 0 aromatic heterocycles. The van der Waals surface area contributed by atoms with Crippen LogP contribution in [0.5, 0.6) is 0 Å². The van der Waals surface area contributed by atoms with E-state index in [1.165, 1.54) is 0 Å². The molecule has 0 heterocycles. The predicted molar refractivity (Wildman–Crippen MR) is 65.3 cm³/mol. The standard InChI is InChI=1S/C12H18N2O2/c1-9-5-6-10(13)8-11(9)14-12(15)4-3-7-16-2/h5-6,8H,3-4,7,13H2,1-2H3,(H,14,15). The summed E-state index contributed by atoms with van der Waals surface area (Å²) in [5, 5.41) is 2.84. The number of methoxy groups -OCH3 is 1. The minimum Gasteiger partial charge on any atom is -0.399 e. The van der Waals surface area contributed by atoms with Gasteiger partial charge in [0.2, 0.25) is 5.91 Å². The SMILES string of the molecule is COCCCC(=O)Nc1cc(N)ccc1C. The van der Waals surface area contributed by atoms with Crippen molar-refractivity contribution in [3.05, 3.63) is 23.8 Å². The number of amides is 1. The number of benzene rings is 1. The number of nitrogens with one attached hydrogen (secondary N) is 1. The minimum atomic E-state index is -0.00856. The Balaban J connectivity index is 2.52. The van der Waals surface area contributed by atoms with E-state index in [4.69, 9.17) is 10.5 Å². The van der Waals surface area contributed by atoms with Crippen LogP contribution < -0.4 is 11.1 Å². The molecule has 1 rings (SSSR count). The third-order valence-electron chi connectivity index (χ3n) is 2.29. The first kappa shape index (κ1) is 12.5. The quantitative estimate of drug-likeness (QED) is 0.591. The number of nitrogens with two attached hydrogens (primary N) is 1. The molecule has 3 N–H and O–H groups in total. The molecule has 0 aliphatic rings. The molecule has 1 aromatic rings. The van der Waals surface area contributed by atoms with Crippen molar-refractivity contribution in [3.8, 4) is 0 Å². The number of aryl methyl sites for hydroxylation is 1. The Labute approximate surface area is 95.8 Å². The van der Waals surface area contributed by atoms with Crippen LogP contribution >= 0.6 is 0 Å². The molecule has 4 heteroatoms. The Kier molecular flexibility index (Phi) is 4.79. The number of nitrogen functional groups attached to an aromatic ring is 1. The number of ether oxygens (including phenoxy) is 1. The fraction of sp³-hybridized carbons (Fsp3) is 0.417. The maximum Gasteiger partial charge on any atom is 0.224 e. The monoisotopic (exact) mass is 222 g/mol. The lowest BCUT2D eigenvalue weighted by Crippen LogP contribution is -2.13. The Morgan fingerprint density at radius 1 is 1.50 bits per heavy atom. The number of carbonyl (C=O) groups excluding carboxylic acids is 1. The van der Waals surface area contributed by atoms with Crippen LogP contribution in [0.2, 0.25) is 0 Å². The summed E-state index contributed by atoms with van der Waals surface area (Å²) in [7, 11) is 1.62. The van der Waals surface area contributed by atoms with Gasteiger partial charge in [0.1, 0.15) is 0 Å². The minimum absolute atomic E-state index is 0.00856. The summed E-state index contributed by atoms with van der Waals surface area (Å²) in [5.41, 5.74) is 8.09. The summed E-state index contributed by atoms with van der Waals surface area (Å²) in [6, 6.07) is 5.47. The van der Waals surface area contributed by atoms with Crippen molar-refractivity contribution in [2.24, 2.45) is 0 Å². The Bertz CT molecular complexity index is 364. The molecule has 0 unspecified atom stereocenters. The van der Waals surface area contributed by atoms with E-state index in [9.17, 15) is 4.79 Å². The second kappa shape index (κ2) is 6.12. The molecule has 1 amide bonds. The fourth-order valence-electron chi connectivity index (χ4n) is 1.36. The lowest BCUT2D eigenvalue weighted by molar-refractivity contribution is -0.116. The van der Waals surface area contributed by atoms with Crippen LogP contribution in [0.15, 0.2) is 18.2 Å². The van der Waals surface area contributed by atoms with Crippen molar-refractivity contribution in [1.82, 2.24) is 0 Å². The normalized spacial score (nSPS) is 10.1. The molecule has 0 fully saturated rings. The van der Waals surface area contributed by atoms with Crippen molar-refractivity contribution < 1.29 is 9.53 Å².